The van der Waals surface area contributed by atoms with E-state index in [-0.39, 0.29) is 6.10 Å². The summed E-state index contributed by atoms with van der Waals surface area (Å²) in [5.74, 6) is 1.68. The first kappa shape index (κ1) is 12.2. The van der Waals surface area contributed by atoms with Gasteiger partial charge in [0.1, 0.15) is 5.52 Å². The molecule has 0 bridgehead atoms. The molecule has 2 unspecified atom stereocenters. The molecule has 0 aromatic carbocycles. The van der Waals surface area contributed by atoms with Gasteiger partial charge in [0.2, 0.25) is 5.95 Å². The van der Waals surface area contributed by atoms with Crippen LogP contribution < -0.4 is 10.2 Å². The normalized spacial score (nSPS) is 23.8. The second kappa shape index (κ2) is 4.65. The lowest BCUT2D eigenvalue weighted by atomic mass is 9.96. The van der Waals surface area contributed by atoms with Gasteiger partial charge in [-0.05, 0) is 12.3 Å². The van der Waals surface area contributed by atoms with Gasteiger partial charge >= 0.3 is 0 Å². The van der Waals surface area contributed by atoms with Crippen molar-refractivity contribution in [3.05, 3.63) is 6.33 Å². The minimum Gasteiger partial charge on any atom is -0.391 e. The predicted octanol–water partition coefficient (Wildman–Crippen LogP) is 0.602. The van der Waals surface area contributed by atoms with E-state index in [9.17, 15) is 5.11 Å². The van der Waals surface area contributed by atoms with Crippen molar-refractivity contribution in [3.8, 4) is 0 Å². The Kier molecular flexibility index (Phi) is 2.98. The largest absolute Gasteiger partial charge is 0.391 e. The lowest BCUT2D eigenvalue weighted by molar-refractivity contribution is 0.103. The van der Waals surface area contributed by atoms with Crippen LogP contribution in [0.1, 0.15) is 13.3 Å². The molecular formula is C12H18N6O. The standard InChI is InChI=1S/C12H18N6O/c1-7-3-4-18(5-8(7)19)11-9-10(15-6-14-9)16-12(13-2)17-11/h6-8,19H,3-5H2,1-2H3,(H2,13,14,15,16,17). The summed E-state index contributed by atoms with van der Waals surface area (Å²) in [5.41, 5.74) is 1.46. The van der Waals surface area contributed by atoms with Gasteiger partial charge in [0.25, 0.3) is 0 Å². The van der Waals surface area contributed by atoms with E-state index in [1.54, 1.807) is 13.4 Å². The molecule has 2 atom stereocenters. The smallest absolute Gasteiger partial charge is 0.226 e. The van der Waals surface area contributed by atoms with Crippen molar-refractivity contribution in [3.63, 3.8) is 0 Å². The molecule has 1 saturated heterocycles. The van der Waals surface area contributed by atoms with Crippen molar-refractivity contribution >= 4 is 22.9 Å². The predicted molar refractivity (Wildman–Crippen MR) is 73.2 cm³/mol. The fourth-order valence-electron chi connectivity index (χ4n) is 2.40. The van der Waals surface area contributed by atoms with Crippen LogP contribution in [-0.4, -0.2) is 51.3 Å². The maximum Gasteiger partial charge on any atom is 0.226 e. The van der Waals surface area contributed by atoms with Gasteiger partial charge in [-0.1, -0.05) is 6.92 Å². The Hall–Kier alpha value is -1.89. The average Bonchev–Trinajstić information content (AvgIpc) is 2.89. The number of anilines is 2. The maximum atomic E-state index is 10.0. The molecule has 3 heterocycles. The van der Waals surface area contributed by atoms with Crippen LogP contribution in [0.3, 0.4) is 0 Å². The van der Waals surface area contributed by atoms with Gasteiger partial charge in [-0.15, -0.1) is 0 Å². The van der Waals surface area contributed by atoms with E-state index in [2.05, 4.69) is 37.1 Å². The minimum absolute atomic E-state index is 0.320. The monoisotopic (exact) mass is 262 g/mol. The fourth-order valence-corrected chi connectivity index (χ4v) is 2.40. The molecular weight excluding hydrogens is 244 g/mol. The zero-order chi connectivity index (χ0) is 13.4. The second-order valence-corrected chi connectivity index (χ2v) is 5.00. The molecule has 0 saturated carbocycles. The molecule has 1 aliphatic rings. The number of imidazole rings is 1. The van der Waals surface area contributed by atoms with Gasteiger partial charge in [-0.3, -0.25) is 0 Å². The van der Waals surface area contributed by atoms with E-state index in [0.29, 0.717) is 24.1 Å². The first-order valence-electron chi connectivity index (χ1n) is 6.51. The Morgan fingerprint density at radius 2 is 2.32 bits per heavy atom. The van der Waals surface area contributed by atoms with Crippen LogP contribution in [-0.2, 0) is 0 Å². The van der Waals surface area contributed by atoms with Crippen LogP contribution in [0.25, 0.3) is 11.2 Å². The Bertz CT molecular complexity index is 583. The summed E-state index contributed by atoms with van der Waals surface area (Å²) in [6.07, 6.45) is 2.25. The molecule has 1 fully saturated rings. The third kappa shape index (κ3) is 2.10. The summed E-state index contributed by atoms with van der Waals surface area (Å²) < 4.78 is 0. The van der Waals surface area contributed by atoms with Crippen LogP contribution in [0.2, 0.25) is 0 Å². The summed E-state index contributed by atoms with van der Waals surface area (Å²) in [7, 11) is 1.78. The van der Waals surface area contributed by atoms with E-state index >= 15 is 0 Å². The van der Waals surface area contributed by atoms with Crippen molar-refractivity contribution < 1.29 is 5.11 Å². The third-order valence-corrected chi connectivity index (χ3v) is 3.71. The van der Waals surface area contributed by atoms with Gasteiger partial charge in [-0.25, -0.2) is 4.98 Å². The molecule has 2 aromatic heterocycles. The summed E-state index contributed by atoms with van der Waals surface area (Å²) in [5, 5.41) is 13.0. The van der Waals surface area contributed by atoms with Crippen molar-refractivity contribution in [2.24, 2.45) is 5.92 Å². The number of aliphatic hydroxyl groups is 1. The highest BCUT2D eigenvalue weighted by atomic mass is 16.3. The third-order valence-electron chi connectivity index (χ3n) is 3.71. The molecule has 7 nitrogen and oxygen atoms in total. The molecule has 0 aliphatic carbocycles. The Morgan fingerprint density at radius 1 is 1.47 bits per heavy atom. The van der Waals surface area contributed by atoms with Crippen LogP contribution >= 0.6 is 0 Å². The number of H-pyrrole nitrogens is 1. The molecule has 1 aliphatic heterocycles. The highest BCUT2D eigenvalue weighted by molar-refractivity contribution is 5.84. The number of nitrogens with one attached hydrogen (secondary N) is 2. The molecule has 19 heavy (non-hydrogen) atoms. The Morgan fingerprint density at radius 3 is 3.05 bits per heavy atom. The van der Waals surface area contributed by atoms with Gasteiger partial charge in [-0.2, -0.15) is 9.97 Å². The van der Waals surface area contributed by atoms with Gasteiger partial charge in [0, 0.05) is 20.1 Å². The number of β-amino-alcohol motifs (C(OH)–C–C–N with tert-alkyl or cyclic N) is 1. The van der Waals surface area contributed by atoms with Crippen molar-refractivity contribution in [2.75, 3.05) is 30.4 Å². The number of aliphatic hydroxyl groups excluding tert-OH is 1. The maximum absolute atomic E-state index is 10.0. The van der Waals surface area contributed by atoms with Crippen LogP contribution in [0.4, 0.5) is 11.8 Å². The second-order valence-electron chi connectivity index (χ2n) is 5.00. The van der Waals surface area contributed by atoms with Crippen molar-refractivity contribution in [2.45, 2.75) is 19.4 Å². The molecule has 2 aromatic rings. The lowest BCUT2D eigenvalue weighted by Gasteiger charge is -2.35. The number of hydrogen-bond acceptors (Lipinski definition) is 6. The molecule has 0 radical (unpaired) electrons. The van der Waals surface area contributed by atoms with E-state index in [1.165, 1.54) is 0 Å². The first-order chi connectivity index (χ1) is 9.19. The molecule has 102 valence electrons. The summed E-state index contributed by atoms with van der Waals surface area (Å²) in [6.45, 7) is 3.55. The van der Waals surface area contributed by atoms with Crippen molar-refractivity contribution in [1.82, 2.24) is 19.9 Å². The molecule has 7 heteroatoms. The number of hydrogen-bond donors (Lipinski definition) is 3. The molecule has 0 amide bonds. The number of aromatic nitrogens is 4. The Labute approximate surface area is 111 Å². The van der Waals surface area contributed by atoms with Gasteiger partial charge in [0.05, 0.1) is 12.4 Å². The summed E-state index contributed by atoms with van der Waals surface area (Å²) >= 11 is 0. The van der Waals surface area contributed by atoms with Crippen LogP contribution in [0.15, 0.2) is 6.33 Å². The summed E-state index contributed by atoms with van der Waals surface area (Å²) in [6, 6.07) is 0. The fraction of sp³-hybridized carbons (Fsp3) is 0.583. The summed E-state index contributed by atoms with van der Waals surface area (Å²) in [4.78, 5) is 18.1. The Balaban J connectivity index is 2.01. The SMILES string of the molecule is CNc1nc(N2CCC(C)C(O)C2)c2[nH]cnc2n1. The van der Waals surface area contributed by atoms with E-state index < -0.39 is 0 Å². The van der Waals surface area contributed by atoms with Gasteiger partial charge in [0.15, 0.2) is 11.5 Å². The topological polar surface area (TPSA) is 90.0 Å². The number of aromatic amines is 1. The van der Waals surface area contributed by atoms with Crippen LogP contribution in [0, 0.1) is 5.92 Å². The molecule has 0 spiro atoms. The van der Waals surface area contributed by atoms with Crippen molar-refractivity contribution in [1.29, 1.82) is 0 Å². The van der Waals surface area contributed by atoms with E-state index in [4.69, 9.17) is 0 Å². The highest BCUT2D eigenvalue weighted by Crippen LogP contribution is 2.27. The highest BCUT2D eigenvalue weighted by Gasteiger charge is 2.27. The number of rotatable bonds is 2. The molecule has 3 N–H and O–H groups in total. The average molecular weight is 262 g/mol. The quantitative estimate of drug-likeness (QED) is 0.734. The van der Waals surface area contributed by atoms with Gasteiger partial charge < -0.3 is 20.3 Å². The zero-order valence-electron chi connectivity index (χ0n) is 11.1. The van der Waals surface area contributed by atoms with E-state index in [0.717, 1.165) is 24.3 Å². The number of piperidine rings is 1. The first-order valence-corrected chi connectivity index (χ1v) is 6.51. The number of nitrogens with zero attached hydrogens (tertiary/aromatic N) is 4. The zero-order valence-corrected chi connectivity index (χ0v) is 11.1. The lowest BCUT2D eigenvalue weighted by Crippen LogP contribution is -2.43. The van der Waals surface area contributed by atoms with E-state index in [1.807, 2.05) is 0 Å². The van der Waals surface area contributed by atoms with Crippen LogP contribution in [0.5, 0.6) is 0 Å². The number of fused-ring (bicyclic) bond motifs is 1. The molecule has 3 rings (SSSR count). The minimum atomic E-state index is -0.320.